The smallest absolute Gasteiger partial charge is 0.185 e. The van der Waals surface area contributed by atoms with Crippen molar-refractivity contribution >= 4 is 28.2 Å². The SMILES string of the molecule is CCNC1CCCc2nc(N3CCCSCC3)sc21. The highest BCUT2D eigenvalue weighted by Crippen LogP contribution is 2.37. The Balaban J connectivity index is 1.80. The van der Waals surface area contributed by atoms with E-state index in [0.29, 0.717) is 6.04 Å². The molecule has 1 fully saturated rings. The third-order valence-corrected chi connectivity index (χ3v) is 6.20. The molecule has 2 heterocycles. The van der Waals surface area contributed by atoms with Gasteiger partial charge in [0.2, 0.25) is 0 Å². The van der Waals surface area contributed by atoms with Gasteiger partial charge in [-0.1, -0.05) is 18.3 Å². The molecule has 3 nitrogen and oxygen atoms in total. The van der Waals surface area contributed by atoms with Gasteiger partial charge in [0.05, 0.1) is 5.69 Å². The number of anilines is 1. The summed E-state index contributed by atoms with van der Waals surface area (Å²) in [5.41, 5.74) is 1.37. The van der Waals surface area contributed by atoms with Crippen molar-refractivity contribution in [2.45, 2.75) is 38.6 Å². The zero-order valence-corrected chi connectivity index (χ0v) is 13.3. The van der Waals surface area contributed by atoms with Crippen LogP contribution in [-0.4, -0.2) is 36.1 Å². The predicted molar refractivity (Wildman–Crippen MR) is 85.6 cm³/mol. The summed E-state index contributed by atoms with van der Waals surface area (Å²) in [7, 11) is 0. The van der Waals surface area contributed by atoms with Crippen molar-refractivity contribution in [1.82, 2.24) is 10.3 Å². The van der Waals surface area contributed by atoms with E-state index in [4.69, 9.17) is 4.98 Å². The Morgan fingerprint density at radius 1 is 1.32 bits per heavy atom. The maximum absolute atomic E-state index is 4.94. The summed E-state index contributed by atoms with van der Waals surface area (Å²) >= 11 is 4.02. The standard InChI is InChI=1S/C14H23N3S2/c1-2-15-11-5-3-6-12-13(11)19-14(16-12)17-7-4-9-18-10-8-17/h11,15H,2-10H2,1H3. The molecule has 1 aromatic heterocycles. The van der Waals surface area contributed by atoms with Crippen LogP contribution in [0.3, 0.4) is 0 Å². The molecular weight excluding hydrogens is 274 g/mol. The number of hydrogen-bond donors (Lipinski definition) is 1. The second-order valence-corrected chi connectivity index (χ2v) is 7.50. The third-order valence-electron chi connectivity index (χ3n) is 3.88. The van der Waals surface area contributed by atoms with Gasteiger partial charge in [0, 0.05) is 29.8 Å². The zero-order valence-electron chi connectivity index (χ0n) is 11.7. The van der Waals surface area contributed by atoms with Gasteiger partial charge in [-0.05, 0) is 38.0 Å². The molecule has 0 aromatic carbocycles. The fourth-order valence-corrected chi connectivity index (χ4v) is 5.08. The van der Waals surface area contributed by atoms with Crippen LogP contribution >= 0.6 is 23.1 Å². The number of aryl methyl sites for hydroxylation is 1. The minimum Gasteiger partial charge on any atom is -0.347 e. The molecule has 1 saturated heterocycles. The Hall–Kier alpha value is -0.260. The van der Waals surface area contributed by atoms with Crippen molar-refractivity contribution in [2.75, 3.05) is 36.0 Å². The molecule has 3 rings (SSSR count). The predicted octanol–water partition coefficient (Wildman–Crippen LogP) is 3.07. The Morgan fingerprint density at radius 2 is 2.26 bits per heavy atom. The van der Waals surface area contributed by atoms with Crippen LogP contribution in [0.1, 0.15) is 42.8 Å². The van der Waals surface area contributed by atoms with Crippen molar-refractivity contribution in [3.63, 3.8) is 0 Å². The molecule has 0 radical (unpaired) electrons. The van der Waals surface area contributed by atoms with E-state index in [1.807, 2.05) is 11.3 Å². The molecule has 2 aliphatic rings. The van der Waals surface area contributed by atoms with Crippen LogP contribution in [0.4, 0.5) is 5.13 Å². The number of thioether (sulfide) groups is 1. The molecule has 1 N–H and O–H groups in total. The molecule has 1 unspecified atom stereocenters. The first-order valence-corrected chi connectivity index (χ1v) is 9.41. The van der Waals surface area contributed by atoms with E-state index in [1.54, 1.807) is 0 Å². The highest BCUT2D eigenvalue weighted by Gasteiger charge is 2.25. The highest BCUT2D eigenvalue weighted by molar-refractivity contribution is 7.99. The van der Waals surface area contributed by atoms with E-state index in [-0.39, 0.29) is 0 Å². The average molecular weight is 297 g/mol. The van der Waals surface area contributed by atoms with Crippen LogP contribution < -0.4 is 10.2 Å². The van der Waals surface area contributed by atoms with Crippen molar-refractivity contribution in [3.8, 4) is 0 Å². The van der Waals surface area contributed by atoms with Gasteiger partial charge in [-0.25, -0.2) is 4.98 Å². The first-order valence-electron chi connectivity index (χ1n) is 7.44. The summed E-state index contributed by atoms with van der Waals surface area (Å²) < 4.78 is 0. The maximum Gasteiger partial charge on any atom is 0.185 e. The lowest BCUT2D eigenvalue weighted by Crippen LogP contribution is -2.25. The van der Waals surface area contributed by atoms with E-state index in [9.17, 15) is 0 Å². The van der Waals surface area contributed by atoms with Crippen LogP contribution in [0.5, 0.6) is 0 Å². The molecule has 0 spiro atoms. The molecule has 0 amide bonds. The Morgan fingerprint density at radius 3 is 3.16 bits per heavy atom. The van der Waals surface area contributed by atoms with E-state index in [2.05, 4.69) is 28.9 Å². The summed E-state index contributed by atoms with van der Waals surface area (Å²) in [4.78, 5) is 8.96. The molecule has 0 saturated carbocycles. The van der Waals surface area contributed by atoms with Gasteiger partial charge in [0.15, 0.2) is 5.13 Å². The van der Waals surface area contributed by atoms with Gasteiger partial charge >= 0.3 is 0 Å². The van der Waals surface area contributed by atoms with Crippen LogP contribution in [0.25, 0.3) is 0 Å². The van der Waals surface area contributed by atoms with E-state index >= 15 is 0 Å². The van der Waals surface area contributed by atoms with Gasteiger partial charge in [-0.15, -0.1) is 0 Å². The summed E-state index contributed by atoms with van der Waals surface area (Å²) in [6.07, 6.45) is 5.03. The van der Waals surface area contributed by atoms with Crippen molar-refractivity contribution in [3.05, 3.63) is 10.6 Å². The van der Waals surface area contributed by atoms with Gasteiger partial charge < -0.3 is 10.2 Å². The van der Waals surface area contributed by atoms with E-state index in [0.717, 1.165) is 6.54 Å². The summed E-state index contributed by atoms with van der Waals surface area (Å²) in [5.74, 6) is 2.56. The number of nitrogens with one attached hydrogen (secondary N) is 1. The normalized spacial score (nSPS) is 24.1. The van der Waals surface area contributed by atoms with Crippen molar-refractivity contribution in [2.24, 2.45) is 0 Å². The fraction of sp³-hybridized carbons (Fsp3) is 0.786. The minimum absolute atomic E-state index is 0.557. The third kappa shape index (κ3) is 3.09. The molecule has 0 bridgehead atoms. The molecular formula is C14H23N3S2. The van der Waals surface area contributed by atoms with Crippen LogP contribution in [0, 0.1) is 0 Å². The zero-order chi connectivity index (χ0) is 13.1. The van der Waals surface area contributed by atoms with Crippen molar-refractivity contribution in [1.29, 1.82) is 0 Å². The minimum atomic E-state index is 0.557. The number of aromatic nitrogens is 1. The number of nitrogens with zero attached hydrogens (tertiary/aromatic N) is 2. The lowest BCUT2D eigenvalue weighted by molar-refractivity contribution is 0.476. The first-order chi connectivity index (χ1) is 9.38. The van der Waals surface area contributed by atoms with Gasteiger partial charge in [-0.2, -0.15) is 11.8 Å². The Labute approximate surface area is 124 Å². The second kappa shape index (κ2) is 6.46. The molecule has 5 heteroatoms. The quantitative estimate of drug-likeness (QED) is 0.928. The van der Waals surface area contributed by atoms with Gasteiger partial charge in [0.25, 0.3) is 0 Å². The van der Waals surface area contributed by atoms with E-state index in [1.165, 1.54) is 66.0 Å². The molecule has 19 heavy (non-hydrogen) atoms. The summed E-state index contributed by atoms with van der Waals surface area (Å²) in [5, 5.41) is 4.89. The fourth-order valence-electron chi connectivity index (χ4n) is 2.92. The van der Waals surface area contributed by atoms with Crippen LogP contribution in [0.15, 0.2) is 0 Å². The summed E-state index contributed by atoms with van der Waals surface area (Å²) in [6, 6.07) is 0.557. The van der Waals surface area contributed by atoms with Crippen LogP contribution in [-0.2, 0) is 6.42 Å². The van der Waals surface area contributed by atoms with Crippen molar-refractivity contribution < 1.29 is 0 Å². The molecule has 106 valence electrons. The average Bonchev–Trinajstić information content (AvgIpc) is 2.68. The number of thiazole rings is 1. The molecule has 1 aromatic rings. The number of hydrogen-bond acceptors (Lipinski definition) is 5. The van der Waals surface area contributed by atoms with Gasteiger partial charge in [-0.3, -0.25) is 0 Å². The molecule has 1 aliphatic carbocycles. The molecule has 1 aliphatic heterocycles. The lowest BCUT2D eigenvalue weighted by Gasteiger charge is -2.21. The Bertz CT molecular complexity index is 411. The molecule has 1 atom stereocenters. The maximum atomic E-state index is 4.94. The topological polar surface area (TPSA) is 28.2 Å². The second-order valence-electron chi connectivity index (χ2n) is 5.26. The van der Waals surface area contributed by atoms with Crippen LogP contribution in [0.2, 0.25) is 0 Å². The summed E-state index contributed by atoms with van der Waals surface area (Å²) in [6.45, 7) is 5.61. The lowest BCUT2D eigenvalue weighted by atomic mass is 9.98. The largest absolute Gasteiger partial charge is 0.347 e. The van der Waals surface area contributed by atoms with E-state index < -0.39 is 0 Å². The van der Waals surface area contributed by atoms with Gasteiger partial charge in [0.1, 0.15) is 0 Å². The number of rotatable bonds is 3. The number of fused-ring (bicyclic) bond motifs is 1. The first kappa shape index (κ1) is 13.7. The highest BCUT2D eigenvalue weighted by atomic mass is 32.2. The monoisotopic (exact) mass is 297 g/mol. The Kier molecular flexibility index (Phi) is 4.66.